The molecule has 116 valence electrons. The van der Waals surface area contributed by atoms with Crippen molar-refractivity contribution < 1.29 is 4.39 Å². The number of pyridine rings is 1. The van der Waals surface area contributed by atoms with Gasteiger partial charge in [0, 0.05) is 30.0 Å². The second-order valence-electron chi connectivity index (χ2n) is 5.44. The van der Waals surface area contributed by atoms with Gasteiger partial charge >= 0.3 is 0 Å². The SMILES string of the molecule is Fc1ccc([C@@H](CCNc2ccccc2)c2ccccn2)cc1. The zero-order chi connectivity index (χ0) is 15.9. The van der Waals surface area contributed by atoms with Crippen LogP contribution in [0.5, 0.6) is 0 Å². The number of nitrogens with zero attached hydrogens (tertiary/aromatic N) is 1. The highest BCUT2D eigenvalue weighted by atomic mass is 19.1. The number of hydrogen-bond donors (Lipinski definition) is 1. The molecular formula is C20H19FN2. The molecule has 1 aromatic heterocycles. The summed E-state index contributed by atoms with van der Waals surface area (Å²) in [5, 5.41) is 3.42. The molecule has 0 amide bonds. The smallest absolute Gasteiger partial charge is 0.123 e. The maximum absolute atomic E-state index is 13.2. The molecule has 0 fully saturated rings. The molecule has 3 heteroatoms. The van der Waals surface area contributed by atoms with E-state index in [4.69, 9.17) is 0 Å². The van der Waals surface area contributed by atoms with Crippen LogP contribution in [-0.2, 0) is 0 Å². The summed E-state index contributed by atoms with van der Waals surface area (Å²) in [6, 6.07) is 22.8. The number of benzene rings is 2. The Bertz CT molecular complexity index is 712. The summed E-state index contributed by atoms with van der Waals surface area (Å²) < 4.78 is 13.2. The van der Waals surface area contributed by atoms with Crippen molar-refractivity contribution in [1.82, 2.24) is 4.98 Å². The molecule has 3 aromatic rings. The van der Waals surface area contributed by atoms with E-state index in [9.17, 15) is 4.39 Å². The first-order valence-electron chi connectivity index (χ1n) is 7.78. The molecule has 0 unspecified atom stereocenters. The molecule has 1 heterocycles. The number of hydrogen-bond acceptors (Lipinski definition) is 2. The second-order valence-corrected chi connectivity index (χ2v) is 5.44. The molecule has 23 heavy (non-hydrogen) atoms. The first-order valence-corrected chi connectivity index (χ1v) is 7.78. The molecule has 0 bridgehead atoms. The molecule has 0 aliphatic heterocycles. The number of anilines is 1. The van der Waals surface area contributed by atoms with Crippen LogP contribution in [0.25, 0.3) is 0 Å². The summed E-state index contributed by atoms with van der Waals surface area (Å²) in [5.74, 6) is -0.0658. The summed E-state index contributed by atoms with van der Waals surface area (Å²) >= 11 is 0. The molecule has 0 radical (unpaired) electrons. The van der Waals surface area contributed by atoms with E-state index in [-0.39, 0.29) is 11.7 Å². The fourth-order valence-corrected chi connectivity index (χ4v) is 2.68. The van der Waals surface area contributed by atoms with Gasteiger partial charge in [-0.1, -0.05) is 36.4 Å². The van der Waals surface area contributed by atoms with Crippen molar-refractivity contribution >= 4 is 5.69 Å². The average molecular weight is 306 g/mol. The predicted molar refractivity (Wildman–Crippen MR) is 92.0 cm³/mol. The number of rotatable bonds is 6. The summed E-state index contributed by atoms with van der Waals surface area (Å²) in [7, 11) is 0. The van der Waals surface area contributed by atoms with Gasteiger partial charge in [0.2, 0.25) is 0 Å². The van der Waals surface area contributed by atoms with Crippen LogP contribution in [-0.4, -0.2) is 11.5 Å². The van der Waals surface area contributed by atoms with Gasteiger partial charge in [0.15, 0.2) is 0 Å². The van der Waals surface area contributed by atoms with E-state index in [1.54, 1.807) is 6.20 Å². The number of para-hydroxylation sites is 1. The average Bonchev–Trinajstić information content (AvgIpc) is 2.61. The maximum Gasteiger partial charge on any atom is 0.123 e. The molecule has 0 aliphatic carbocycles. The van der Waals surface area contributed by atoms with E-state index >= 15 is 0 Å². The number of nitrogens with one attached hydrogen (secondary N) is 1. The topological polar surface area (TPSA) is 24.9 Å². The third kappa shape index (κ3) is 4.16. The van der Waals surface area contributed by atoms with E-state index in [1.165, 1.54) is 12.1 Å². The predicted octanol–water partition coefficient (Wildman–Crippen LogP) is 4.85. The van der Waals surface area contributed by atoms with Crippen LogP contribution in [0.1, 0.15) is 23.6 Å². The molecule has 0 aliphatic rings. The van der Waals surface area contributed by atoms with E-state index in [0.717, 1.165) is 29.9 Å². The van der Waals surface area contributed by atoms with Crippen molar-refractivity contribution in [2.45, 2.75) is 12.3 Å². The summed E-state index contributed by atoms with van der Waals surface area (Å²) in [5.41, 5.74) is 3.19. The Morgan fingerprint density at radius 2 is 1.61 bits per heavy atom. The fourth-order valence-electron chi connectivity index (χ4n) is 2.68. The van der Waals surface area contributed by atoms with Gasteiger partial charge in [-0.3, -0.25) is 4.98 Å². The summed E-state index contributed by atoms with van der Waals surface area (Å²) in [4.78, 5) is 4.48. The lowest BCUT2D eigenvalue weighted by atomic mass is 9.92. The molecular weight excluding hydrogens is 287 g/mol. The number of halogens is 1. The number of aromatic nitrogens is 1. The van der Waals surface area contributed by atoms with E-state index < -0.39 is 0 Å². The summed E-state index contributed by atoms with van der Waals surface area (Å²) in [6.45, 7) is 0.822. The molecule has 3 rings (SSSR count). The van der Waals surface area contributed by atoms with Crippen LogP contribution in [0.15, 0.2) is 79.0 Å². The highest BCUT2D eigenvalue weighted by Crippen LogP contribution is 2.26. The van der Waals surface area contributed by atoms with Crippen LogP contribution in [0, 0.1) is 5.82 Å². The van der Waals surface area contributed by atoms with E-state index in [2.05, 4.69) is 10.3 Å². The minimum absolute atomic E-state index is 0.146. The normalized spacial score (nSPS) is 11.9. The molecule has 0 spiro atoms. The van der Waals surface area contributed by atoms with Crippen molar-refractivity contribution in [3.8, 4) is 0 Å². The zero-order valence-corrected chi connectivity index (χ0v) is 12.8. The Morgan fingerprint density at radius 3 is 2.30 bits per heavy atom. The van der Waals surface area contributed by atoms with Gasteiger partial charge in [0.05, 0.1) is 0 Å². The Labute approximate surface area is 136 Å². The first-order chi connectivity index (χ1) is 11.3. The Hall–Kier alpha value is -2.68. The molecule has 1 atom stereocenters. The maximum atomic E-state index is 13.2. The van der Waals surface area contributed by atoms with Crippen LogP contribution >= 0.6 is 0 Å². The largest absolute Gasteiger partial charge is 0.385 e. The van der Waals surface area contributed by atoms with Gasteiger partial charge in [-0.2, -0.15) is 0 Å². The molecule has 0 saturated heterocycles. The van der Waals surface area contributed by atoms with E-state index in [1.807, 2.05) is 60.7 Å². The van der Waals surface area contributed by atoms with Crippen LogP contribution < -0.4 is 5.32 Å². The lowest BCUT2D eigenvalue weighted by molar-refractivity contribution is 0.625. The lowest BCUT2D eigenvalue weighted by Gasteiger charge is -2.18. The Balaban J connectivity index is 1.74. The molecule has 0 saturated carbocycles. The Kier molecular flexibility index (Phi) is 4.99. The minimum Gasteiger partial charge on any atom is -0.385 e. The third-order valence-corrected chi connectivity index (χ3v) is 3.85. The zero-order valence-electron chi connectivity index (χ0n) is 12.8. The van der Waals surface area contributed by atoms with Gasteiger partial charge in [0.25, 0.3) is 0 Å². The van der Waals surface area contributed by atoms with Crippen molar-refractivity contribution in [2.24, 2.45) is 0 Å². The van der Waals surface area contributed by atoms with Crippen molar-refractivity contribution in [1.29, 1.82) is 0 Å². The third-order valence-electron chi connectivity index (χ3n) is 3.85. The van der Waals surface area contributed by atoms with Gasteiger partial charge in [-0.25, -0.2) is 4.39 Å². The van der Waals surface area contributed by atoms with Gasteiger partial charge in [-0.05, 0) is 48.4 Å². The molecule has 2 nitrogen and oxygen atoms in total. The lowest BCUT2D eigenvalue weighted by Crippen LogP contribution is -2.10. The van der Waals surface area contributed by atoms with Gasteiger partial charge in [0.1, 0.15) is 5.82 Å². The minimum atomic E-state index is -0.212. The fraction of sp³-hybridized carbons (Fsp3) is 0.150. The molecule has 1 N–H and O–H groups in total. The van der Waals surface area contributed by atoms with E-state index in [0.29, 0.717) is 0 Å². The van der Waals surface area contributed by atoms with Crippen LogP contribution in [0.4, 0.5) is 10.1 Å². The Morgan fingerprint density at radius 1 is 0.870 bits per heavy atom. The van der Waals surface area contributed by atoms with Gasteiger partial charge < -0.3 is 5.32 Å². The van der Waals surface area contributed by atoms with Crippen molar-refractivity contribution in [3.05, 3.63) is 96.1 Å². The second kappa shape index (κ2) is 7.54. The quantitative estimate of drug-likeness (QED) is 0.704. The monoisotopic (exact) mass is 306 g/mol. The van der Waals surface area contributed by atoms with Crippen molar-refractivity contribution in [3.63, 3.8) is 0 Å². The standard InChI is InChI=1S/C20H19FN2/c21-17-11-9-16(10-12-17)19(20-8-4-5-14-23-20)13-15-22-18-6-2-1-3-7-18/h1-12,14,19,22H,13,15H2/t19-/m1/s1. The summed E-state index contributed by atoms with van der Waals surface area (Å²) in [6.07, 6.45) is 2.69. The van der Waals surface area contributed by atoms with Crippen LogP contribution in [0.2, 0.25) is 0 Å². The van der Waals surface area contributed by atoms with Gasteiger partial charge in [-0.15, -0.1) is 0 Å². The molecule has 2 aromatic carbocycles. The van der Waals surface area contributed by atoms with Crippen molar-refractivity contribution in [2.75, 3.05) is 11.9 Å². The first kappa shape index (κ1) is 15.2. The highest BCUT2D eigenvalue weighted by Gasteiger charge is 2.15. The van der Waals surface area contributed by atoms with Crippen LogP contribution in [0.3, 0.4) is 0 Å². The highest BCUT2D eigenvalue weighted by molar-refractivity contribution is 5.42.